The quantitative estimate of drug-likeness (QED) is 0.851. The molecule has 0 aromatic heterocycles. The number of benzene rings is 1. The molecular weight excluding hydrogens is 230 g/mol. The van der Waals surface area contributed by atoms with Gasteiger partial charge in [-0.1, -0.05) is 32.9 Å². The highest BCUT2D eigenvalue weighted by Gasteiger charge is 2.23. The highest BCUT2D eigenvalue weighted by Crippen LogP contribution is 2.28. The lowest BCUT2D eigenvalue weighted by molar-refractivity contribution is 0.539. The molecule has 0 spiro atoms. The average Bonchev–Trinajstić information content (AvgIpc) is 3.05. The fourth-order valence-electron chi connectivity index (χ4n) is 2.77. The molecule has 1 N–H and O–H groups in total. The van der Waals surface area contributed by atoms with Crippen LogP contribution in [0, 0.1) is 13.8 Å². The van der Waals surface area contributed by atoms with E-state index in [1.165, 1.54) is 35.1 Å². The van der Waals surface area contributed by atoms with Crippen molar-refractivity contribution in [3.8, 4) is 0 Å². The first-order valence-corrected chi connectivity index (χ1v) is 7.64. The number of hydrogen-bond donors (Lipinski definition) is 1. The second-order valence-corrected chi connectivity index (χ2v) is 7.38. The molecule has 1 atom stereocenters. The molecule has 0 saturated heterocycles. The fourth-order valence-corrected chi connectivity index (χ4v) is 2.77. The first-order valence-electron chi connectivity index (χ1n) is 7.64. The van der Waals surface area contributed by atoms with Crippen LogP contribution < -0.4 is 5.32 Å². The zero-order chi connectivity index (χ0) is 14.2. The van der Waals surface area contributed by atoms with Crippen molar-refractivity contribution in [2.75, 3.05) is 0 Å². The van der Waals surface area contributed by atoms with E-state index in [1.807, 2.05) is 0 Å². The lowest BCUT2D eigenvalue weighted by atomic mass is 9.83. The van der Waals surface area contributed by atoms with E-state index in [9.17, 15) is 0 Å². The maximum atomic E-state index is 3.70. The Bertz CT molecular complexity index is 426. The van der Waals surface area contributed by atoms with Gasteiger partial charge in [0.15, 0.2) is 0 Å². The van der Waals surface area contributed by atoms with Crippen molar-refractivity contribution in [2.45, 2.75) is 78.3 Å². The summed E-state index contributed by atoms with van der Waals surface area (Å²) >= 11 is 0. The maximum Gasteiger partial charge on any atom is 0.00819 e. The van der Waals surface area contributed by atoms with Gasteiger partial charge < -0.3 is 5.32 Å². The second kappa shape index (κ2) is 5.28. The normalized spacial score (nSPS) is 17.6. The molecule has 19 heavy (non-hydrogen) atoms. The predicted molar refractivity (Wildman–Crippen MR) is 83.9 cm³/mol. The summed E-state index contributed by atoms with van der Waals surface area (Å²) in [4.78, 5) is 0. The van der Waals surface area contributed by atoms with Crippen LogP contribution in [0.1, 0.15) is 62.8 Å². The number of hydrogen-bond acceptors (Lipinski definition) is 1. The summed E-state index contributed by atoms with van der Waals surface area (Å²) in [6.07, 6.45) is 3.88. The topological polar surface area (TPSA) is 12.0 Å². The number of rotatable bonds is 4. The van der Waals surface area contributed by atoms with E-state index in [0.717, 1.165) is 12.5 Å². The van der Waals surface area contributed by atoms with Crippen molar-refractivity contribution in [3.63, 3.8) is 0 Å². The summed E-state index contributed by atoms with van der Waals surface area (Å²) in [5, 5.41) is 3.70. The predicted octanol–water partition coefficient (Wildman–Crippen LogP) is 4.28. The van der Waals surface area contributed by atoms with Gasteiger partial charge >= 0.3 is 0 Å². The zero-order valence-electron chi connectivity index (χ0n) is 13.4. The van der Waals surface area contributed by atoms with E-state index in [0.29, 0.717) is 6.04 Å². The Labute approximate surface area is 118 Å². The van der Waals surface area contributed by atoms with E-state index in [4.69, 9.17) is 0 Å². The molecule has 1 aliphatic carbocycles. The van der Waals surface area contributed by atoms with E-state index >= 15 is 0 Å². The van der Waals surface area contributed by atoms with Crippen molar-refractivity contribution in [1.82, 2.24) is 5.32 Å². The molecule has 1 aromatic rings. The van der Waals surface area contributed by atoms with Gasteiger partial charge in [-0.25, -0.2) is 0 Å². The number of nitrogens with one attached hydrogen (secondary N) is 1. The lowest BCUT2D eigenvalue weighted by Crippen LogP contribution is -2.30. The molecule has 0 aliphatic heterocycles. The maximum absolute atomic E-state index is 3.70. The standard InChI is InChI=1S/C18H29N/c1-12-9-15(18(4,5)6)10-13(2)17(12)11-14(3)19-16-7-8-16/h9-10,14,16,19H,7-8,11H2,1-6H3. The molecule has 1 aromatic carbocycles. The minimum atomic E-state index is 0.242. The van der Waals surface area contributed by atoms with Crippen LogP contribution in [0.4, 0.5) is 0 Å². The Morgan fingerprint density at radius 1 is 1.16 bits per heavy atom. The monoisotopic (exact) mass is 259 g/mol. The van der Waals surface area contributed by atoms with E-state index in [2.05, 4.69) is 59.0 Å². The summed E-state index contributed by atoms with van der Waals surface area (Å²) < 4.78 is 0. The van der Waals surface area contributed by atoms with Crippen LogP contribution in [-0.4, -0.2) is 12.1 Å². The molecule has 0 radical (unpaired) electrons. The number of aryl methyl sites for hydroxylation is 2. The lowest BCUT2D eigenvalue weighted by Gasteiger charge is -2.23. The van der Waals surface area contributed by atoms with Gasteiger partial charge in [-0.2, -0.15) is 0 Å². The van der Waals surface area contributed by atoms with Gasteiger partial charge in [-0.15, -0.1) is 0 Å². The molecule has 1 saturated carbocycles. The second-order valence-electron chi connectivity index (χ2n) is 7.38. The smallest absolute Gasteiger partial charge is 0.00819 e. The van der Waals surface area contributed by atoms with Gasteiger partial charge in [0.05, 0.1) is 0 Å². The minimum absolute atomic E-state index is 0.242. The molecule has 1 heteroatoms. The van der Waals surface area contributed by atoms with E-state index in [1.54, 1.807) is 0 Å². The molecule has 0 bridgehead atoms. The van der Waals surface area contributed by atoms with Gasteiger partial charge in [0, 0.05) is 12.1 Å². The van der Waals surface area contributed by atoms with Crippen LogP contribution in [0.15, 0.2) is 12.1 Å². The van der Waals surface area contributed by atoms with Crippen molar-refractivity contribution in [3.05, 3.63) is 34.4 Å². The van der Waals surface area contributed by atoms with Gasteiger partial charge in [0.1, 0.15) is 0 Å². The molecule has 2 rings (SSSR count). The third kappa shape index (κ3) is 3.82. The SMILES string of the molecule is Cc1cc(C(C)(C)C)cc(C)c1CC(C)NC1CC1. The molecule has 1 aliphatic rings. The first kappa shape index (κ1) is 14.6. The molecule has 0 amide bonds. The largest absolute Gasteiger partial charge is 0.311 e. The third-order valence-electron chi connectivity index (χ3n) is 4.17. The molecule has 106 valence electrons. The van der Waals surface area contributed by atoms with Crippen molar-refractivity contribution >= 4 is 0 Å². The van der Waals surface area contributed by atoms with Crippen molar-refractivity contribution in [1.29, 1.82) is 0 Å². The van der Waals surface area contributed by atoms with E-state index < -0.39 is 0 Å². The summed E-state index contributed by atoms with van der Waals surface area (Å²) in [5.41, 5.74) is 6.14. The van der Waals surface area contributed by atoms with Gasteiger partial charge in [0.25, 0.3) is 0 Å². The minimum Gasteiger partial charge on any atom is -0.311 e. The third-order valence-corrected chi connectivity index (χ3v) is 4.17. The first-order chi connectivity index (χ1) is 8.77. The van der Waals surface area contributed by atoms with Crippen LogP contribution in [-0.2, 0) is 11.8 Å². The van der Waals surface area contributed by atoms with E-state index in [-0.39, 0.29) is 5.41 Å². The Morgan fingerprint density at radius 3 is 2.11 bits per heavy atom. The molecule has 1 fully saturated rings. The highest BCUT2D eigenvalue weighted by atomic mass is 15.0. The van der Waals surface area contributed by atoms with Gasteiger partial charge in [-0.3, -0.25) is 0 Å². The van der Waals surface area contributed by atoms with Gasteiger partial charge in [-0.05, 0) is 67.7 Å². The summed E-state index contributed by atoms with van der Waals surface area (Å²) in [6.45, 7) is 13.7. The van der Waals surface area contributed by atoms with Gasteiger partial charge in [0.2, 0.25) is 0 Å². The summed E-state index contributed by atoms with van der Waals surface area (Å²) in [6, 6.07) is 6.15. The molecule has 1 unspecified atom stereocenters. The van der Waals surface area contributed by atoms with Crippen molar-refractivity contribution < 1.29 is 0 Å². The molecular formula is C18H29N. The van der Waals surface area contributed by atoms with Crippen LogP contribution >= 0.6 is 0 Å². The Kier molecular flexibility index (Phi) is 4.06. The average molecular weight is 259 g/mol. The van der Waals surface area contributed by atoms with Crippen LogP contribution in [0.25, 0.3) is 0 Å². The molecule has 1 nitrogen and oxygen atoms in total. The van der Waals surface area contributed by atoms with Crippen LogP contribution in [0.5, 0.6) is 0 Å². The summed E-state index contributed by atoms with van der Waals surface area (Å²) in [5.74, 6) is 0. The highest BCUT2D eigenvalue weighted by molar-refractivity contribution is 5.40. The van der Waals surface area contributed by atoms with Crippen LogP contribution in [0.3, 0.4) is 0 Å². The van der Waals surface area contributed by atoms with Crippen LogP contribution in [0.2, 0.25) is 0 Å². The fraction of sp³-hybridized carbons (Fsp3) is 0.667. The Morgan fingerprint density at radius 2 is 1.68 bits per heavy atom. The zero-order valence-corrected chi connectivity index (χ0v) is 13.4. The summed E-state index contributed by atoms with van der Waals surface area (Å²) in [7, 11) is 0. The molecule has 0 heterocycles. The Balaban J connectivity index is 2.16. The van der Waals surface area contributed by atoms with Crippen molar-refractivity contribution in [2.24, 2.45) is 0 Å². The Hall–Kier alpha value is -0.820.